The zero-order valence-electron chi connectivity index (χ0n) is 11.3. The van der Waals surface area contributed by atoms with Crippen LogP contribution in [0.25, 0.3) is 0 Å². The number of aryl methyl sites for hydroxylation is 1. The van der Waals surface area contributed by atoms with Crippen molar-refractivity contribution >= 4 is 11.6 Å². The van der Waals surface area contributed by atoms with Gasteiger partial charge >= 0.3 is 0 Å². The van der Waals surface area contributed by atoms with Crippen molar-refractivity contribution in [3.05, 3.63) is 29.8 Å². The van der Waals surface area contributed by atoms with E-state index in [0.29, 0.717) is 13.2 Å². The van der Waals surface area contributed by atoms with Crippen LogP contribution in [0.1, 0.15) is 18.9 Å². The quantitative estimate of drug-likeness (QED) is 0.828. The van der Waals surface area contributed by atoms with Gasteiger partial charge in [-0.1, -0.05) is 18.2 Å². The number of nitrogens with zero attached hydrogens (tertiary/aromatic N) is 1. The number of anilines is 1. The Labute approximate surface area is 113 Å². The molecule has 0 spiro atoms. The minimum absolute atomic E-state index is 0.0897. The van der Waals surface area contributed by atoms with E-state index in [1.165, 1.54) is 5.56 Å². The number of benzene rings is 1. The third-order valence-electron chi connectivity index (χ3n) is 3.96. The molecule has 1 N–H and O–H groups in total. The maximum Gasteiger partial charge on any atom is 0.257 e. The van der Waals surface area contributed by atoms with Gasteiger partial charge in [0.1, 0.15) is 6.10 Å². The van der Waals surface area contributed by atoms with Crippen LogP contribution in [0, 0.1) is 0 Å². The standard InChI is InChI=1S/C15H20N2O2/c1-11-6-7-12-4-2-3-5-13(12)17(11)15(18)14-10-16-8-9-19-14/h2-5,11,14,16H,6-10H2,1H3. The summed E-state index contributed by atoms with van der Waals surface area (Å²) in [6.07, 6.45) is 1.72. The Kier molecular flexibility index (Phi) is 3.53. The Morgan fingerprint density at radius 3 is 3.05 bits per heavy atom. The molecule has 3 rings (SSSR count). The molecule has 4 nitrogen and oxygen atoms in total. The lowest BCUT2D eigenvalue weighted by atomic mass is 9.96. The lowest BCUT2D eigenvalue weighted by Gasteiger charge is -2.38. The van der Waals surface area contributed by atoms with E-state index in [1.54, 1.807) is 0 Å². The van der Waals surface area contributed by atoms with Crippen molar-refractivity contribution in [2.24, 2.45) is 0 Å². The third kappa shape index (κ3) is 2.38. The van der Waals surface area contributed by atoms with Crippen molar-refractivity contribution in [2.75, 3.05) is 24.6 Å². The summed E-state index contributed by atoms with van der Waals surface area (Å²) in [5.74, 6) is 0.0897. The van der Waals surface area contributed by atoms with Crippen molar-refractivity contribution in [3.8, 4) is 0 Å². The highest BCUT2D eigenvalue weighted by Crippen LogP contribution is 2.31. The molecule has 1 fully saturated rings. The molecule has 1 aromatic rings. The number of rotatable bonds is 1. The van der Waals surface area contributed by atoms with Gasteiger partial charge in [-0.2, -0.15) is 0 Å². The monoisotopic (exact) mass is 260 g/mol. The predicted octanol–water partition coefficient (Wildman–Crippen LogP) is 1.34. The fourth-order valence-corrected chi connectivity index (χ4v) is 2.90. The van der Waals surface area contributed by atoms with Crippen LogP contribution in [0.5, 0.6) is 0 Å². The van der Waals surface area contributed by atoms with E-state index < -0.39 is 0 Å². The Balaban J connectivity index is 1.88. The molecule has 2 aliphatic rings. The Morgan fingerprint density at radius 1 is 1.42 bits per heavy atom. The molecule has 4 heteroatoms. The fraction of sp³-hybridized carbons (Fsp3) is 0.533. The van der Waals surface area contributed by atoms with Crippen LogP contribution in [0.2, 0.25) is 0 Å². The first kappa shape index (κ1) is 12.6. The summed E-state index contributed by atoms with van der Waals surface area (Å²) in [5, 5.41) is 3.22. The number of para-hydroxylation sites is 1. The van der Waals surface area contributed by atoms with E-state index in [2.05, 4.69) is 18.3 Å². The highest BCUT2D eigenvalue weighted by atomic mass is 16.5. The van der Waals surface area contributed by atoms with Crippen LogP contribution in [0.4, 0.5) is 5.69 Å². The normalized spacial score (nSPS) is 26.9. The molecule has 2 atom stereocenters. The minimum atomic E-state index is -0.345. The molecule has 0 aromatic heterocycles. The summed E-state index contributed by atoms with van der Waals surface area (Å²) >= 11 is 0. The molecule has 1 saturated heterocycles. The van der Waals surface area contributed by atoms with Gasteiger partial charge in [-0.25, -0.2) is 0 Å². The van der Waals surface area contributed by atoms with E-state index >= 15 is 0 Å². The molecular formula is C15H20N2O2. The third-order valence-corrected chi connectivity index (χ3v) is 3.96. The molecule has 2 aliphatic heterocycles. The largest absolute Gasteiger partial charge is 0.366 e. The van der Waals surface area contributed by atoms with Gasteiger partial charge in [0.05, 0.1) is 6.61 Å². The number of carbonyl (C=O) groups excluding carboxylic acids is 1. The smallest absolute Gasteiger partial charge is 0.257 e. The van der Waals surface area contributed by atoms with Crippen LogP contribution in [-0.4, -0.2) is 37.7 Å². The Bertz CT molecular complexity index is 469. The molecule has 2 heterocycles. The Hall–Kier alpha value is -1.39. The summed E-state index contributed by atoms with van der Waals surface area (Å²) in [6, 6.07) is 8.43. The van der Waals surface area contributed by atoms with Crippen LogP contribution in [0.3, 0.4) is 0 Å². The average molecular weight is 260 g/mol. The van der Waals surface area contributed by atoms with Gasteiger partial charge in [-0.15, -0.1) is 0 Å². The SMILES string of the molecule is CC1CCc2ccccc2N1C(=O)C1CNCCO1. The van der Waals surface area contributed by atoms with E-state index in [-0.39, 0.29) is 18.1 Å². The van der Waals surface area contributed by atoms with Crippen molar-refractivity contribution < 1.29 is 9.53 Å². The summed E-state index contributed by atoms with van der Waals surface area (Å²) in [4.78, 5) is 14.6. The number of fused-ring (bicyclic) bond motifs is 1. The van der Waals surface area contributed by atoms with Gasteiger partial charge in [0, 0.05) is 24.8 Å². The zero-order valence-corrected chi connectivity index (χ0v) is 11.3. The number of amides is 1. The van der Waals surface area contributed by atoms with E-state index in [0.717, 1.165) is 25.1 Å². The zero-order chi connectivity index (χ0) is 13.2. The first-order chi connectivity index (χ1) is 9.27. The minimum Gasteiger partial charge on any atom is -0.366 e. The second kappa shape index (κ2) is 5.31. The van der Waals surface area contributed by atoms with Crippen LogP contribution in [-0.2, 0) is 16.0 Å². The fourth-order valence-electron chi connectivity index (χ4n) is 2.90. The number of carbonyl (C=O) groups is 1. The van der Waals surface area contributed by atoms with Gasteiger partial charge < -0.3 is 15.0 Å². The first-order valence-corrected chi connectivity index (χ1v) is 7.00. The topological polar surface area (TPSA) is 41.6 Å². The van der Waals surface area contributed by atoms with E-state index in [1.807, 2.05) is 23.1 Å². The van der Waals surface area contributed by atoms with Gasteiger partial charge in [-0.05, 0) is 31.4 Å². The summed E-state index contributed by atoms with van der Waals surface area (Å²) in [7, 11) is 0. The second-order valence-electron chi connectivity index (χ2n) is 5.29. The highest BCUT2D eigenvalue weighted by Gasteiger charge is 2.33. The summed E-state index contributed by atoms with van der Waals surface area (Å²) in [5.41, 5.74) is 2.32. The number of morpholine rings is 1. The summed E-state index contributed by atoms with van der Waals surface area (Å²) in [6.45, 7) is 4.17. The van der Waals surface area contributed by atoms with E-state index in [4.69, 9.17) is 4.74 Å². The molecule has 102 valence electrons. The number of ether oxygens (including phenoxy) is 1. The molecule has 0 radical (unpaired) electrons. The van der Waals surface area contributed by atoms with Crippen LogP contribution in [0.15, 0.2) is 24.3 Å². The lowest BCUT2D eigenvalue weighted by molar-refractivity contribution is -0.132. The molecule has 1 aromatic carbocycles. The molecule has 0 bridgehead atoms. The first-order valence-electron chi connectivity index (χ1n) is 7.00. The molecule has 2 unspecified atom stereocenters. The second-order valence-corrected chi connectivity index (χ2v) is 5.29. The predicted molar refractivity (Wildman–Crippen MR) is 74.3 cm³/mol. The van der Waals surface area contributed by atoms with Crippen LogP contribution < -0.4 is 10.2 Å². The van der Waals surface area contributed by atoms with Crippen LogP contribution >= 0.6 is 0 Å². The molecule has 1 amide bonds. The van der Waals surface area contributed by atoms with Crippen molar-refractivity contribution in [1.82, 2.24) is 5.32 Å². The van der Waals surface area contributed by atoms with Crippen molar-refractivity contribution in [2.45, 2.75) is 31.9 Å². The van der Waals surface area contributed by atoms with Gasteiger partial charge in [-0.3, -0.25) is 4.79 Å². The lowest BCUT2D eigenvalue weighted by Crippen LogP contribution is -2.53. The van der Waals surface area contributed by atoms with Gasteiger partial charge in [0.15, 0.2) is 0 Å². The molecule has 0 saturated carbocycles. The average Bonchev–Trinajstić information content (AvgIpc) is 2.47. The molecule has 19 heavy (non-hydrogen) atoms. The van der Waals surface area contributed by atoms with Gasteiger partial charge in [0.25, 0.3) is 5.91 Å². The summed E-state index contributed by atoms with van der Waals surface area (Å²) < 4.78 is 5.60. The molecular weight excluding hydrogens is 240 g/mol. The van der Waals surface area contributed by atoms with E-state index in [9.17, 15) is 4.79 Å². The molecule has 0 aliphatic carbocycles. The Morgan fingerprint density at radius 2 is 2.26 bits per heavy atom. The van der Waals surface area contributed by atoms with Gasteiger partial charge in [0.2, 0.25) is 0 Å². The number of hydrogen-bond donors (Lipinski definition) is 1. The van der Waals surface area contributed by atoms with Crippen molar-refractivity contribution in [3.63, 3.8) is 0 Å². The maximum absolute atomic E-state index is 12.7. The van der Waals surface area contributed by atoms with Crippen molar-refractivity contribution in [1.29, 1.82) is 0 Å². The maximum atomic E-state index is 12.7. The highest BCUT2D eigenvalue weighted by molar-refractivity contribution is 5.98. The number of hydrogen-bond acceptors (Lipinski definition) is 3. The number of nitrogens with one attached hydrogen (secondary N) is 1.